The molecule has 1 aliphatic heterocycles. The van der Waals surface area contributed by atoms with Gasteiger partial charge in [0, 0.05) is 0 Å². The molecule has 0 aliphatic carbocycles. The molecule has 1 aliphatic rings. The number of hydrogen-bond acceptors (Lipinski definition) is 2. The summed E-state index contributed by atoms with van der Waals surface area (Å²) in [5.41, 5.74) is 0. The second-order valence-electron chi connectivity index (χ2n) is 1.93. The maximum atomic E-state index is 10.2. The van der Waals surface area contributed by atoms with Gasteiger partial charge in [0.25, 0.3) is 0 Å². The molecule has 3 nitrogen and oxygen atoms in total. The average molecular weight is 102 g/mol. The summed E-state index contributed by atoms with van der Waals surface area (Å²) in [6, 6.07) is 0.493. The zero-order chi connectivity index (χ0) is 5.28. The van der Waals surface area contributed by atoms with E-state index in [-0.39, 0.29) is 0 Å². The van der Waals surface area contributed by atoms with E-state index in [1.54, 1.807) is 0 Å². The minimum Gasteiger partial charge on any atom is -0.634 e. The fourth-order valence-corrected chi connectivity index (χ4v) is 0.694. The van der Waals surface area contributed by atoms with Gasteiger partial charge in [-0.2, -0.15) is 0 Å². The minimum absolute atomic E-state index is 0.388. The van der Waals surface area contributed by atoms with Crippen molar-refractivity contribution in [2.45, 2.75) is 6.04 Å². The molecule has 1 fully saturated rings. The Labute approximate surface area is 42.9 Å². The molecule has 2 N–H and O–H groups in total. The average Bonchev–Trinajstić information content (AvgIpc) is 1.58. The van der Waals surface area contributed by atoms with Gasteiger partial charge in [-0.3, -0.25) is 0 Å². The van der Waals surface area contributed by atoms with Crippen molar-refractivity contribution in [3.63, 3.8) is 0 Å². The fourth-order valence-electron chi connectivity index (χ4n) is 0.694. The SMILES string of the molecule is CNC1C[NH+]([O-])C1. The van der Waals surface area contributed by atoms with Crippen molar-refractivity contribution in [2.24, 2.45) is 0 Å². The van der Waals surface area contributed by atoms with Crippen molar-refractivity contribution in [3.8, 4) is 0 Å². The number of hydroxylamine groups is 2. The van der Waals surface area contributed by atoms with E-state index >= 15 is 0 Å². The first-order valence-corrected chi connectivity index (χ1v) is 2.52. The van der Waals surface area contributed by atoms with E-state index in [2.05, 4.69) is 5.32 Å². The lowest BCUT2D eigenvalue weighted by Crippen LogP contribution is -3.18. The van der Waals surface area contributed by atoms with E-state index < -0.39 is 0 Å². The first kappa shape index (κ1) is 5.03. The molecule has 1 rings (SSSR count). The minimum atomic E-state index is 0.388. The summed E-state index contributed by atoms with van der Waals surface area (Å²) >= 11 is 0. The summed E-state index contributed by atoms with van der Waals surface area (Å²) in [6.07, 6.45) is 0. The topological polar surface area (TPSA) is 39.5 Å². The van der Waals surface area contributed by atoms with Crippen molar-refractivity contribution in [1.82, 2.24) is 5.32 Å². The molecule has 0 spiro atoms. The number of nitrogens with one attached hydrogen (secondary N) is 2. The van der Waals surface area contributed by atoms with Crippen molar-refractivity contribution >= 4 is 0 Å². The van der Waals surface area contributed by atoms with Crippen molar-refractivity contribution in [3.05, 3.63) is 5.21 Å². The molecular weight excluding hydrogens is 92.1 g/mol. The summed E-state index contributed by atoms with van der Waals surface area (Å²) in [4.78, 5) is 0. The highest BCUT2D eigenvalue weighted by atomic mass is 16.5. The smallest absolute Gasteiger partial charge is 0.106 e. The van der Waals surface area contributed by atoms with E-state index in [0.29, 0.717) is 11.1 Å². The molecule has 0 unspecified atom stereocenters. The zero-order valence-corrected chi connectivity index (χ0v) is 4.40. The standard InChI is InChI=1S/C4H10N2O/c1-5-4-2-6(7)3-4/h4-6H,2-3H2,1H3. The highest BCUT2D eigenvalue weighted by Crippen LogP contribution is 1.78. The molecule has 7 heavy (non-hydrogen) atoms. The summed E-state index contributed by atoms with van der Waals surface area (Å²) in [5.74, 6) is 0. The third-order valence-electron chi connectivity index (χ3n) is 1.36. The van der Waals surface area contributed by atoms with Crippen molar-refractivity contribution in [1.29, 1.82) is 0 Å². The molecule has 0 radical (unpaired) electrons. The van der Waals surface area contributed by atoms with E-state index in [1.165, 1.54) is 0 Å². The number of hydrogen-bond donors (Lipinski definition) is 2. The van der Waals surface area contributed by atoms with Crippen LogP contribution in [0, 0.1) is 5.21 Å². The normalized spacial score (nSPS) is 40.3. The first-order valence-electron chi connectivity index (χ1n) is 2.52. The van der Waals surface area contributed by atoms with E-state index in [4.69, 9.17) is 0 Å². The van der Waals surface area contributed by atoms with Crippen LogP contribution in [0.25, 0.3) is 0 Å². The van der Waals surface area contributed by atoms with Gasteiger partial charge in [-0.25, -0.2) is 0 Å². The van der Waals surface area contributed by atoms with E-state index in [9.17, 15) is 5.21 Å². The van der Waals surface area contributed by atoms with Crippen LogP contribution in [0.1, 0.15) is 0 Å². The van der Waals surface area contributed by atoms with Gasteiger partial charge in [-0.15, -0.1) is 0 Å². The van der Waals surface area contributed by atoms with Gasteiger partial charge in [0.15, 0.2) is 0 Å². The molecule has 1 heterocycles. The van der Waals surface area contributed by atoms with E-state index in [1.807, 2.05) is 7.05 Å². The Morgan fingerprint density at radius 2 is 2.29 bits per heavy atom. The molecule has 0 aromatic rings. The highest BCUT2D eigenvalue weighted by molar-refractivity contribution is 4.67. The Morgan fingerprint density at radius 3 is 2.43 bits per heavy atom. The Balaban J connectivity index is 2.06. The molecule has 0 aromatic carbocycles. The molecule has 42 valence electrons. The Morgan fingerprint density at radius 1 is 1.71 bits per heavy atom. The van der Waals surface area contributed by atoms with Crippen molar-refractivity contribution in [2.75, 3.05) is 20.1 Å². The van der Waals surface area contributed by atoms with Crippen LogP contribution in [0.4, 0.5) is 0 Å². The largest absolute Gasteiger partial charge is 0.634 e. The fraction of sp³-hybridized carbons (Fsp3) is 1.00. The Kier molecular flexibility index (Phi) is 1.27. The molecule has 1 saturated heterocycles. The van der Waals surface area contributed by atoms with Crippen LogP contribution in [-0.2, 0) is 0 Å². The van der Waals surface area contributed by atoms with Gasteiger partial charge >= 0.3 is 0 Å². The number of quaternary nitrogens is 1. The number of likely N-dealkylation sites (N-methyl/N-ethyl adjacent to an activating group) is 1. The van der Waals surface area contributed by atoms with Crippen LogP contribution in [0.3, 0.4) is 0 Å². The van der Waals surface area contributed by atoms with Crippen molar-refractivity contribution < 1.29 is 5.06 Å². The Hall–Kier alpha value is -0.120. The predicted molar refractivity (Wildman–Crippen MR) is 26.9 cm³/mol. The summed E-state index contributed by atoms with van der Waals surface area (Å²) in [7, 11) is 1.89. The third kappa shape index (κ3) is 0.907. The van der Waals surface area contributed by atoms with Crippen LogP contribution in [-0.4, -0.2) is 26.2 Å². The maximum absolute atomic E-state index is 10.2. The summed E-state index contributed by atoms with van der Waals surface area (Å²) in [6.45, 7) is 1.49. The zero-order valence-electron chi connectivity index (χ0n) is 4.40. The lowest BCUT2D eigenvalue weighted by atomic mass is 10.2. The van der Waals surface area contributed by atoms with Gasteiger partial charge < -0.3 is 15.6 Å². The molecule has 0 aromatic heterocycles. The molecule has 0 atom stereocenters. The van der Waals surface area contributed by atoms with Crippen LogP contribution in [0.2, 0.25) is 0 Å². The molecule has 0 saturated carbocycles. The highest BCUT2D eigenvalue weighted by Gasteiger charge is 2.22. The van der Waals surface area contributed by atoms with Gasteiger partial charge in [-0.05, 0) is 7.05 Å². The first-order chi connectivity index (χ1) is 3.33. The second kappa shape index (κ2) is 1.78. The van der Waals surface area contributed by atoms with Crippen LogP contribution >= 0.6 is 0 Å². The quantitative estimate of drug-likeness (QED) is 0.375. The number of rotatable bonds is 1. The van der Waals surface area contributed by atoms with Gasteiger partial charge in [0.05, 0.1) is 13.1 Å². The second-order valence-corrected chi connectivity index (χ2v) is 1.93. The molecular formula is C4H10N2O. The van der Waals surface area contributed by atoms with Crippen LogP contribution < -0.4 is 10.4 Å². The maximum Gasteiger partial charge on any atom is 0.106 e. The van der Waals surface area contributed by atoms with Gasteiger partial charge in [-0.1, -0.05) is 0 Å². The van der Waals surface area contributed by atoms with Crippen LogP contribution in [0.15, 0.2) is 0 Å². The van der Waals surface area contributed by atoms with Gasteiger partial charge in [0.1, 0.15) is 6.04 Å². The lowest BCUT2D eigenvalue weighted by Gasteiger charge is -2.37. The Bertz CT molecular complexity index is 60.7. The third-order valence-corrected chi connectivity index (χ3v) is 1.36. The summed E-state index contributed by atoms with van der Waals surface area (Å²) < 4.78 is 0. The van der Waals surface area contributed by atoms with Gasteiger partial charge in [0.2, 0.25) is 0 Å². The molecule has 0 amide bonds. The summed E-state index contributed by atoms with van der Waals surface area (Å²) in [5, 5.41) is 13.6. The molecule has 0 bridgehead atoms. The molecule has 3 heteroatoms. The van der Waals surface area contributed by atoms with Crippen LogP contribution in [0.5, 0.6) is 0 Å². The predicted octanol–water partition coefficient (Wildman–Crippen LogP) is -2.03. The lowest BCUT2D eigenvalue weighted by molar-refractivity contribution is -0.893. The van der Waals surface area contributed by atoms with E-state index in [0.717, 1.165) is 13.1 Å². The monoisotopic (exact) mass is 102 g/mol.